The van der Waals surface area contributed by atoms with E-state index >= 15 is 0 Å². The molecule has 4 nitrogen and oxygen atoms in total. The quantitative estimate of drug-likeness (QED) is 0.843. The van der Waals surface area contributed by atoms with Crippen molar-refractivity contribution in [3.63, 3.8) is 0 Å². The van der Waals surface area contributed by atoms with Crippen LogP contribution in [0.25, 0.3) is 0 Å². The Morgan fingerprint density at radius 2 is 2.19 bits per heavy atom. The van der Waals surface area contributed by atoms with Crippen LogP contribution in [-0.2, 0) is 0 Å². The van der Waals surface area contributed by atoms with Crippen molar-refractivity contribution in [3.8, 4) is 0 Å². The first-order valence-corrected chi connectivity index (χ1v) is 5.55. The predicted octanol–water partition coefficient (Wildman–Crippen LogP) is 1.78. The Morgan fingerprint density at radius 3 is 2.62 bits per heavy atom. The molecule has 1 amide bonds. The number of aromatic nitrogens is 1. The van der Waals surface area contributed by atoms with Gasteiger partial charge in [-0.25, -0.2) is 4.98 Å². The number of nitrogens with zero attached hydrogens (tertiary/aromatic N) is 2. The molecule has 0 aliphatic carbocycles. The molecule has 1 aromatic rings. The third-order valence-electron chi connectivity index (χ3n) is 2.29. The first-order valence-electron chi connectivity index (χ1n) is 5.55. The second-order valence-corrected chi connectivity index (χ2v) is 4.21. The van der Waals surface area contributed by atoms with Crippen molar-refractivity contribution >= 4 is 11.7 Å². The molecule has 1 aromatic heterocycles. The molecule has 0 aliphatic rings. The Morgan fingerprint density at radius 1 is 1.50 bits per heavy atom. The molecule has 1 rings (SSSR count). The molecule has 0 saturated carbocycles. The SMILES string of the molecule is CCN(CC(C)C)C(=O)c1ccc(N)nc1. The third kappa shape index (κ3) is 3.22. The average Bonchev–Trinajstić information content (AvgIpc) is 2.25. The summed E-state index contributed by atoms with van der Waals surface area (Å²) in [4.78, 5) is 17.8. The summed E-state index contributed by atoms with van der Waals surface area (Å²) in [6, 6.07) is 3.37. The summed E-state index contributed by atoms with van der Waals surface area (Å²) in [6.45, 7) is 7.64. The Bertz CT molecular complexity index is 346. The van der Waals surface area contributed by atoms with Crippen LogP contribution in [0.1, 0.15) is 31.1 Å². The van der Waals surface area contributed by atoms with E-state index in [-0.39, 0.29) is 5.91 Å². The highest BCUT2D eigenvalue weighted by Gasteiger charge is 2.15. The van der Waals surface area contributed by atoms with E-state index in [4.69, 9.17) is 5.73 Å². The summed E-state index contributed by atoms with van der Waals surface area (Å²) in [6.07, 6.45) is 1.53. The second kappa shape index (κ2) is 5.49. The van der Waals surface area contributed by atoms with E-state index in [1.807, 2.05) is 11.8 Å². The monoisotopic (exact) mass is 221 g/mol. The number of nitrogens with two attached hydrogens (primary N) is 1. The van der Waals surface area contributed by atoms with Crippen LogP contribution < -0.4 is 5.73 Å². The van der Waals surface area contributed by atoms with Crippen molar-refractivity contribution < 1.29 is 4.79 Å². The molecule has 16 heavy (non-hydrogen) atoms. The van der Waals surface area contributed by atoms with Gasteiger partial charge >= 0.3 is 0 Å². The van der Waals surface area contributed by atoms with Crippen molar-refractivity contribution in [2.24, 2.45) is 5.92 Å². The van der Waals surface area contributed by atoms with Crippen LogP contribution in [0.3, 0.4) is 0 Å². The largest absolute Gasteiger partial charge is 0.384 e. The van der Waals surface area contributed by atoms with Crippen LogP contribution >= 0.6 is 0 Å². The highest BCUT2D eigenvalue weighted by molar-refractivity contribution is 5.94. The highest BCUT2D eigenvalue weighted by atomic mass is 16.2. The van der Waals surface area contributed by atoms with Gasteiger partial charge in [-0.3, -0.25) is 4.79 Å². The maximum Gasteiger partial charge on any atom is 0.255 e. The summed E-state index contributed by atoms with van der Waals surface area (Å²) >= 11 is 0. The standard InChI is InChI=1S/C12H19N3O/c1-4-15(8-9(2)3)12(16)10-5-6-11(13)14-7-10/h5-7,9H,4,8H2,1-3H3,(H2,13,14). The number of pyridine rings is 1. The lowest BCUT2D eigenvalue weighted by atomic mass is 10.2. The normalized spacial score (nSPS) is 10.5. The van der Waals surface area contributed by atoms with E-state index in [1.165, 1.54) is 6.20 Å². The van der Waals surface area contributed by atoms with Crippen molar-refractivity contribution in [2.45, 2.75) is 20.8 Å². The summed E-state index contributed by atoms with van der Waals surface area (Å²) in [5.74, 6) is 0.915. The summed E-state index contributed by atoms with van der Waals surface area (Å²) in [5, 5.41) is 0. The van der Waals surface area contributed by atoms with Crippen LogP contribution in [0.15, 0.2) is 18.3 Å². The molecule has 4 heteroatoms. The lowest BCUT2D eigenvalue weighted by molar-refractivity contribution is 0.0745. The molecule has 2 N–H and O–H groups in total. The van der Waals surface area contributed by atoms with Crippen LogP contribution in [0.5, 0.6) is 0 Å². The predicted molar refractivity (Wildman–Crippen MR) is 65.1 cm³/mol. The van der Waals surface area contributed by atoms with E-state index in [0.29, 0.717) is 23.8 Å². The molecule has 0 atom stereocenters. The summed E-state index contributed by atoms with van der Waals surface area (Å²) in [5.41, 5.74) is 6.07. The second-order valence-electron chi connectivity index (χ2n) is 4.21. The van der Waals surface area contributed by atoms with Crippen molar-refractivity contribution in [1.29, 1.82) is 0 Å². The molecule has 1 heterocycles. The minimum atomic E-state index is 0.0173. The molecule has 88 valence electrons. The van der Waals surface area contributed by atoms with Crippen LogP contribution in [0.4, 0.5) is 5.82 Å². The van der Waals surface area contributed by atoms with Crippen LogP contribution in [0.2, 0.25) is 0 Å². The maximum absolute atomic E-state index is 12.1. The Balaban J connectivity index is 2.78. The fourth-order valence-electron chi connectivity index (χ4n) is 1.51. The zero-order chi connectivity index (χ0) is 12.1. The van der Waals surface area contributed by atoms with E-state index in [1.54, 1.807) is 12.1 Å². The fourth-order valence-corrected chi connectivity index (χ4v) is 1.51. The van der Waals surface area contributed by atoms with E-state index in [0.717, 1.165) is 6.54 Å². The first-order chi connectivity index (χ1) is 7.54. The number of carbonyl (C=O) groups is 1. The van der Waals surface area contributed by atoms with Crippen molar-refractivity contribution in [3.05, 3.63) is 23.9 Å². The average molecular weight is 221 g/mol. The number of hydrogen-bond acceptors (Lipinski definition) is 3. The van der Waals surface area contributed by atoms with Gasteiger partial charge < -0.3 is 10.6 Å². The molecule has 0 fully saturated rings. The molecular weight excluding hydrogens is 202 g/mol. The van der Waals surface area contributed by atoms with Crippen molar-refractivity contribution in [2.75, 3.05) is 18.8 Å². The molecule has 0 spiro atoms. The minimum Gasteiger partial charge on any atom is -0.384 e. The van der Waals surface area contributed by atoms with Crippen LogP contribution in [-0.4, -0.2) is 28.9 Å². The Kier molecular flexibility index (Phi) is 4.28. The van der Waals surface area contributed by atoms with Gasteiger partial charge in [0, 0.05) is 19.3 Å². The maximum atomic E-state index is 12.1. The number of carbonyl (C=O) groups excluding carboxylic acids is 1. The van der Waals surface area contributed by atoms with Crippen molar-refractivity contribution in [1.82, 2.24) is 9.88 Å². The van der Waals surface area contributed by atoms with Gasteiger partial charge in [0.1, 0.15) is 5.82 Å². The van der Waals surface area contributed by atoms with E-state index in [2.05, 4.69) is 18.8 Å². The number of hydrogen-bond donors (Lipinski definition) is 1. The summed E-state index contributed by atoms with van der Waals surface area (Å²) in [7, 11) is 0. The lowest BCUT2D eigenvalue weighted by Crippen LogP contribution is -2.34. The van der Waals surface area contributed by atoms with Gasteiger partial charge in [0.2, 0.25) is 0 Å². The fraction of sp³-hybridized carbons (Fsp3) is 0.500. The number of nitrogen functional groups attached to an aromatic ring is 1. The molecule has 0 aliphatic heterocycles. The molecule has 0 radical (unpaired) electrons. The van der Waals surface area contributed by atoms with Gasteiger partial charge in [0.05, 0.1) is 5.56 Å². The van der Waals surface area contributed by atoms with Gasteiger partial charge in [-0.05, 0) is 25.0 Å². The smallest absolute Gasteiger partial charge is 0.255 e. The zero-order valence-corrected chi connectivity index (χ0v) is 10.1. The van der Waals surface area contributed by atoms with Crippen LogP contribution in [0, 0.1) is 5.92 Å². The summed E-state index contributed by atoms with van der Waals surface area (Å²) < 4.78 is 0. The highest BCUT2D eigenvalue weighted by Crippen LogP contribution is 2.08. The topological polar surface area (TPSA) is 59.2 Å². The minimum absolute atomic E-state index is 0.0173. The molecule has 0 saturated heterocycles. The van der Waals surface area contributed by atoms with Gasteiger partial charge in [0.15, 0.2) is 0 Å². The third-order valence-corrected chi connectivity index (χ3v) is 2.29. The number of amides is 1. The molecular formula is C12H19N3O. The molecule has 0 unspecified atom stereocenters. The lowest BCUT2D eigenvalue weighted by Gasteiger charge is -2.22. The van der Waals surface area contributed by atoms with Gasteiger partial charge in [-0.15, -0.1) is 0 Å². The number of rotatable bonds is 4. The van der Waals surface area contributed by atoms with Gasteiger partial charge in [0.25, 0.3) is 5.91 Å². The van der Waals surface area contributed by atoms with E-state index < -0.39 is 0 Å². The first kappa shape index (κ1) is 12.5. The van der Waals surface area contributed by atoms with Gasteiger partial charge in [-0.1, -0.05) is 13.8 Å². The number of anilines is 1. The zero-order valence-electron chi connectivity index (χ0n) is 10.1. The Labute approximate surface area is 96.5 Å². The molecule has 0 bridgehead atoms. The molecule has 0 aromatic carbocycles. The van der Waals surface area contributed by atoms with E-state index in [9.17, 15) is 4.79 Å². The Hall–Kier alpha value is -1.58. The van der Waals surface area contributed by atoms with Gasteiger partial charge in [-0.2, -0.15) is 0 Å².